The summed E-state index contributed by atoms with van der Waals surface area (Å²) in [6.45, 7) is 12.7. The molecule has 3 N–H and O–H groups in total. The molecule has 3 rings (SSSR count). The Bertz CT molecular complexity index is 966. The van der Waals surface area contributed by atoms with Crippen LogP contribution in [-0.2, 0) is 0 Å². The molecule has 27 heavy (non-hydrogen) atoms. The van der Waals surface area contributed by atoms with Crippen molar-refractivity contribution < 1.29 is 0 Å². The fourth-order valence-corrected chi connectivity index (χ4v) is 3.00. The number of benzene rings is 1. The second-order valence-electron chi connectivity index (χ2n) is 6.25. The van der Waals surface area contributed by atoms with Crippen molar-refractivity contribution >= 4 is 22.5 Å². The first kappa shape index (κ1) is 18.5. The van der Waals surface area contributed by atoms with Crippen molar-refractivity contribution in [1.82, 2.24) is 15.0 Å². The SMILES string of the molecule is C=C/C=C(\C=C)[C@@H](C)Nc1ncnc2[nH]c(-c3ccc(NCC)cc3)cc12. The zero-order chi connectivity index (χ0) is 19.2. The number of fused-ring (bicyclic) bond motifs is 1. The second kappa shape index (κ2) is 8.36. The monoisotopic (exact) mass is 359 g/mol. The van der Waals surface area contributed by atoms with Gasteiger partial charge in [0.25, 0.3) is 0 Å². The van der Waals surface area contributed by atoms with Crippen molar-refractivity contribution in [3.63, 3.8) is 0 Å². The van der Waals surface area contributed by atoms with Crippen LogP contribution in [0.3, 0.4) is 0 Å². The molecule has 5 heteroatoms. The topological polar surface area (TPSA) is 65.6 Å². The molecule has 0 aliphatic rings. The summed E-state index contributed by atoms with van der Waals surface area (Å²) < 4.78 is 0. The summed E-state index contributed by atoms with van der Waals surface area (Å²) in [4.78, 5) is 12.2. The molecule has 5 nitrogen and oxygen atoms in total. The van der Waals surface area contributed by atoms with Crippen molar-refractivity contribution in [3.05, 3.63) is 73.6 Å². The molecular weight excluding hydrogens is 334 g/mol. The van der Waals surface area contributed by atoms with Gasteiger partial charge in [-0.25, -0.2) is 9.97 Å². The molecule has 0 unspecified atom stereocenters. The Morgan fingerprint density at radius 1 is 1.22 bits per heavy atom. The van der Waals surface area contributed by atoms with Gasteiger partial charge in [-0.15, -0.1) is 0 Å². The van der Waals surface area contributed by atoms with Crippen molar-refractivity contribution in [1.29, 1.82) is 0 Å². The molecule has 0 radical (unpaired) electrons. The third kappa shape index (κ3) is 4.08. The van der Waals surface area contributed by atoms with Crippen molar-refractivity contribution in [2.75, 3.05) is 17.2 Å². The van der Waals surface area contributed by atoms with Gasteiger partial charge < -0.3 is 15.6 Å². The lowest BCUT2D eigenvalue weighted by Crippen LogP contribution is -2.18. The first-order valence-corrected chi connectivity index (χ1v) is 9.05. The van der Waals surface area contributed by atoms with Crippen molar-refractivity contribution in [2.24, 2.45) is 0 Å². The van der Waals surface area contributed by atoms with Gasteiger partial charge in [-0.3, -0.25) is 0 Å². The van der Waals surface area contributed by atoms with Gasteiger partial charge in [-0.1, -0.05) is 43.5 Å². The maximum atomic E-state index is 4.43. The molecule has 0 aliphatic heterocycles. The number of aromatic amines is 1. The van der Waals surface area contributed by atoms with Crippen LogP contribution >= 0.6 is 0 Å². The molecule has 0 spiro atoms. The number of hydrogen-bond donors (Lipinski definition) is 3. The lowest BCUT2D eigenvalue weighted by atomic mass is 10.1. The fraction of sp³-hybridized carbons (Fsp3) is 0.182. The summed E-state index contributed by atoms with van der Waals surface area (Å²) in [5.41, 5.74) is 5.07. The van der Waals surface area contributed by atoms with Crippen LogP contribution in [0.5, 0.6) is 0 Å². The lowest BCUT2D eigenvalue weighted by molar-refractivity contribution is 0.940. The summed E-state index contributed by atoms with van der Waals surface area (Å²) in [5.74, 6) is 0.788. The number of nitrogens with zero attached hydrogens (tertiary/aromatic N) is 2. The van der Waals surface area contributed by atoms with Gasteiger partial charge in [0.15, 0.2) is 0 Å². The summed E-state index contributed by atoms with van der Waals surface area (Å²) in [6.07, 6.45) is 7.09. The van der Waals surface area contributed by atoms with Crippen LogP contribution in [0.2, 0.25) is 0 Å². The highest BCUT2D eigenvalue weighted by molar-refractivity contribution is 5.91. The molecule has 0 saturated carbocycles. The Morgan fingerprint density at radius 2 is 2.00 bits per heavy atom. The van der Waals surface area contributed by atoms with Crippen molar-refractivity contribution in [2.45, 2.75) is 19.9 Å². The zero-order valence-corrected chi connectivity index (χ0v) is 15.8. The molecule has 0 aliphatic carbocycles. The molecule has 0 amide bonds. The Hall–Kier alpha value is -3.34. The Balaban J connectivity index is 1.92. The van der Waals surface area contributed by atoms with E-state index in [-0.39, 0.29) is 6.04 Å². The highest BCUT2D eigenvalue weighted by atomic mass is 15.1. The molecule has 138 valence electrons. The lowest BCUT2D eigenvalue weighted by Gasteiger charge is -2.15. The van der Waals surface area contributed by atoms with Gasteiger partial charge in [0.05, 0.1) is 5.39 Å². The molecule has 1 aromatic carbocycles. The maximum absolute atomic E-state index is 4.43. The molecule has 2 heterocycles. The summed E-state index contributed by atoms with van der Waals surface area (Å²) in [6, 6.07) is 10.5. The molecule has 0 saturated heterocycles. The second-order valence-corrected chi connectivity index (χ2v) is 6.25. The van der Waals surface area contributed by atoms with E-state index in [1.165, 1.54) is 0 Å². The third-order valence-electron chi connectivity index (χ3n) is 4.40. The largest absolute Gasteiger partial charge is 0.385 e. The Morgan fingerprint density at radius 3 is 2.67 bits per heavy atom. The number of nitrogens with one attached hydrogen (secondary N) is 3. The normalized spacial score (nSPS) is 12.6. The van der Waals surface area contributed by atoms with Gasteiger partial charge in [0.2, 0.25) is 0 Å². The van der Waals surface area contributed by atoms with E-state index in [4.69, 9.17) is 0 Å². The first-order chi connectivity index (χ1) is 13.2. The van der Waals surface area contributed by atoms with E-state index >= 15 is 0 Å². The highest BCUT2D eigenvalue weighted by Crippen LogP contribution is 2.28. The Labute approximate surface area is 159 Å². The summed E-state index contributed by atoms with van der Waals surface area (Å²) >= 11 is 0. The van der Waals surface area contributed by atoms with E-state index in [0.717, 1.165) is 45.9 Å². The van der Waals surface area contributed by atoms with Crippen LogP contribution < -0.4 is 10.6 Å². The van der Waals surface area contributed by atoms with Crippen molar-refractivity contribution in [3.8, 4) is 11.3 Å². The summed E-state index contributed by atoms with van der Waals surface area (Å²) in [5, 5.41) is 7.71. The average molecular weight is 359 g/mol. The quantitative estimate of drug-likeness (QED) is 0.486. The minimum absolute atomic E-state index is 0.0522. The van der Waals surface area contributed by atoms with Gasteiger partial charge in [0, 0.05) is 24.0 Å². The number of anilines is 2. The molecule has 1 atom stereocenters. The maximum Gasteiger partial charge on any atom is 0.143 e. The average Bonchev–Trinajstić information content (AvgIpc) is 3.12. The standard InChI is InChI=1S/C22H25N5/c1-5-8-16(6-2)15(4)26-21-19-13-20(27-22(19)25-14-24-21)17-9-11-18(12-10-17)23-7-3/h5-6,8-15,23H,1-2,7H2,3-4H3,(H2,24,25,26,27)/b16-8+/t15-/m1/s1. The number of allylic oxidation sites excluding steroid dienone is 2. The number of hydrogen-bond acceptors (Lipinski definition) is 4. The molecule has 2 aromatic heterocycles. The van der Waals surface area contributed by atoms with Crippen LogP contribution in [0.25, 0.3) is 22.3 Å². The Kier molecular flexibility index (Phi) is 5.71. The van der Waals surface area contributed by atoms with Crippen LogP contribution in [0.15, 0.2) is 73.6 Å². The van der Waals surface area contributed by atoms with E-state index in [1.54, 1.807) is 12.4 Å². The predicted octanol–water partition coefficient (Wildman–Crippen LogP) is 5.16. The first-order valence-electron chi connectivity index (χ1n) is 9.05. The van der Waals surface area contributed by atoms with Gasteiger partial charge >= 0.3 is 0 Å². The summed E-state index contributed by atoms with van der Waals surface area (Å²) in [7, 11) is 0. The fourth-order valence-electron chi connectivity index (χ4n) is 3.00. The smallest absolute Gasteiger partial charge is 0.143 e. The molecule has 0 fully saturated rings. The zero-order valence-electron chi connectivity index (χ0n) is 15.8. The van der Waals surface area contributed by atoms with Crippen LogP contribution in [0, 0.1) is 0 Å². The van der Waals surface area contributed by atoms with Crippen LogP contribution in [-0.4, -0.2) is 27.5 Å². The third-order valence-corrected chi connectivity index (χ3v) is 4.40. The number of rotatable bonds is 8. The van der Waals surface area contributed by atoms with E-state index in [9.17, 15) is 0 Å². The van der Waals surface area contributed by atoms with Gasteiger partial charge in [-0.05, 0) is 43.2 Å². The van der Waals surface area contributed by atoms with Gasteiger partial charge in [-0.2, -0.15) is 0 Å². The van der Waals surface area contributed by atoms with E-state index in [0.29, 0.717) is 0 Å². The van der Waals surface area contributed by atoms with Crippen LogP contribution in [0.4, 0.5) is 11.5 Å². The molecule has 3 aromatic rings. The number of H-pyrrole nitrogens is 1. The van der Waals surface area contributed by atoms with E-state index in [1.807, 2.05) is 12.2 Å². The predicted molar refractivity (Wildman–Crippen MR) is 115 cm³/mol. The van der Waals surface area contributed by atoms with Crippen LogP contribution in [0.1, 0.15) is 13.8 Å². The minimum Gasteiger partial charge on any atom is -0.385 e. The highest BCUT2D eigenvalue weighted by Gasteiger charge is 2.12. The molecular formula is C22H25N5. The minimum atomic E-state index is 0.0522. The van der Waals surface area contributed by atoms with E-state index < -0.39 is 0 Å². The molecule has 0 bridgehead atoms. The number of aromatic nitrogens is 3. The van der Waals surface area contributed by atoms with Gasteiger partial charge in [0.1, 0.15) is 17.8 Å². The van der Waals surface area contributed by atoms with E-state index in [2.05, 4.69) is 82.9 Å².